The number of hydrogen-bond acceptors (Lipinski definition) is 7. The number of guanidine groups is 1. The summed E-state index contributed by atoms with van der Waals surface area (Å²) in [5, 5.41) is 20.4. The van der Waals surface area contributed by atoms with Crippen molar-refractivity contribution in [2.75, 3.05) is 19.8 Å². The number of aliphatic hydroxyl groups excluding tert-OH is 1. The van der Waals surface area contributed by atoms with Crippen LogP contribution in [0.3, 0.4) is 0 Å². The summed E-state index contributed by atoms with van der Waals surface area (Å²) in [6.07, 6.45) is 2.19. The van der Waals surface area contributed by atoms with Crippen LogP contribution in [0.15, 0.2) is 15.0 Å². The van der Waals surface area contributed by atoms with Crippen molar-refractivity contribution in [3.63, 3.8) is 0 Å². The third-order valence-corrected chi connectivity index (χ3v) is 3.94. The van der Waals surface area contributed by atoms with Crippen molar-refractivity contribution in [2.24, 2.45) is 32.0 Å². The van der Waals surface area contributed by atoms with Crippen molar-refractivity contribution in [3.05, 3.63) is 0 Å². The molecule has 9 heteroatoms. The van der Waals surface area contributed by atoms with Gasteiger partial charge in [-0.15, -0.1) is 6.61 Å². The van der Waals surface area contributed by atoms with Gasteiger partial charge >= 0.3 is 29.6 Å². The summed E-state index contributed by atoms with van der Waals surface area (Å²) >= 11 is 0. The maximum Gasteiger partial charge on any atom is 1.00 e. The quantitative estimate of drug-likeness (QED) is 0.498. The molecule has 0 saturated heterocycles. The van der Waals surface area contributed by atoms with E-state index in [1.807, 2.05) is 0 Å². The van der Waals surface area contributed by atoms with Gasteiger partial charge in [-0.1, -0.05) is 0 Å². The van der Waals surface area contributed by atoms with Crippen molar-refractivity contribution >= 4 is 24.0 Å². The molecule has 3 aliphatic rings. The summed E-state index contributed by atoms with van der Waals surface area (Å²) in [5.74, 6) is -0.117. The van der Waals surface area contributed by atoms with Gasteiger partial charge < -0.3 is 20.8 Å². The van der Waals surface area contributed by atoms with Crippen LogP contribution in [0.5, 0.6) is 0 Å². The predicted octanol–water partition coefficient (Wildman–Crippen LogP) is -5.68. The van der Waals surface area contributed by atoms with Gasteiger partial charge in [-0.2, -0.15) is 9.98 Å². The van der Waals surface area contributed by atoms with Crippen molar-refractivity contribution in [1.82, 2.24) is 4.90 Å². The molecule has 3 atom stereocenters. The van der Waals surface area contributed by atoms with E-state index >= 15 is 0 Å². The predicted molar refractivity (Wildman–Crippen MR) is 65.5 cm³/mol. The van der Waals surface area contributed by atoms with Gasteiger partial charge in [0.15, 0.2) is 6.04 Å². The smallest absolute Gasteiger partial charge is 0.854 e. The zero-order valence-corrected chi connectivity index (χ0v) is 13.2. The summed E-state index contributed by atoms with van der Waals surface area (Å²) in [6.45, 7) is 0.166. The topological polar surface area (TPSA) is 127 Å². The monoisotopic (exact) mass is 287 g/mol. The second kappa shape index (κ2) is 5.53. The van der Waals surface area contributed by atoms with E-state index in [9.17, 15) is 15.0 Å². The number of aliphatic imine (C=N–C) groups is 3. The Labute approximate surface area is 137 Å². The first kappa shape index (κ1) is 15.6. The van der Waals surface area contributed by atoms with E-state index in [1.54, 1.807) is 4.90 Å². The van der Waals surface area contributed by atoms with Crippen LogP contribution in [0.1, 0.15) is 6.42 Å². The van der Waals surface area contributed by atoms with Gasteiger partial charge in [-0.3, -0.25) is 9.79 Å². The molecular weight excluding hydrogens is 273 g/mol. The zero-order valence-electron chi connectivity index (χ0n) is 11.2. The number of hydrogen-bond donors (Lipinski definition) is 2. The van der Waals surface area contributed by atoms with E-state index in [-0.39, 0.29) is 54.6 Å². The number of rotatable bonds is 4. The van der Waals surface area contributed by atoms with E-state index in [1.165, 1.54) is 6.34 Å². The molecule has 8 nitrogen and oxygen atoms in total. The fourth-order valence-electron chi connectivity index (χ4n) is 2.61. The fourth-order valence-corrected chi connectivity index (χ4v) is 2.61. The van der Waals surface area contributed by atoms with Crippen LogP contribution >= 0.6 is 0 Å². The Balaban J connectivity index is 0.00000147. The molecule has 0 aromatic rings. The first-order valence-electron chi connectivity index (χ1n) is 6.05. The van der Waals surface area contributed by atoms with Crippen LogP contribution in [0.2, 0.25) is 0 Å². The molecule has 2 heterocycles. The van der Waals surface area contributed by atoms with Gasteiger partial charge in [-0.05, 0) is 12.3 Å². The van der Waals surface area contributed by atoms with E-state index in [0.717, 1.165) is 0 Å². The van der Waals surface area contributed by atoms with Gasteiger partial charge in [0.25, 0.3) is 5.91 Å². The largest absolute Gasteiger partial charge is 1.00 e. The van der Waals surface area contributed by atoms with E-state index in [0.29, 0.717) is 18.8 Å². The number of aliphatic hydroxyl groups is 1. The first-order chi connectivity index (χ1) is 9.09. The second-order valence-electron chi connectivity index (χ2n) is 5.16. The average molecular weight is 287 g/mol. The Hall–Kier alpha value is -0.800. The number of nitrogens with zero attached hydrogens (tertiary/aromatic N) is 4. The molecule has 0 spiro atoms. The minimum atomic E-state index is -0.729. The van der Waals surface area contributed by atoms with E-state index < -0.39 is 17.4 Å². The molecule has 0 aromatic carbocycles. The third-order valence-electron chi connectivity index (χ3n) is 3.94. The van der Waals surface area contributed by atoms with Crippen LogP contribution in [0.4, 0.5) is 0 Å². The van der Waals surface area contributed by atoms with Crippen LogP contribution < -0.4 is 40.4 Å². The Kier molecular flexibility index (Phi) is 4.31. The molecular formula is C11H14N5NaO3. The van der Waals surface area contributed by atoms with Crippen molar-refractivity contribution in [2.45, 2.75) is 12.5 Å². The Morgan fingerprint density at radius 3 is 2.90 bits per heavy atom. The van der Waals surface area contributed by atoms with Gasteiger partial charge in [0.1, 0.15) is 5.84 Å². The van der Waals surface area contributed by atoms with Crippen LogP contribution in [-0.4, -0.2) is 59.8 Å². The summed E-state index contributed by atoms with van der Waals surface area (Å²) in [7, 11) is 0. The summed E-state index contributed by atoms with van der Waals surface area (Å²) in [4.78, 5) is 24.9. The molecule has 0 aromatic heterocycles. The van der Waals surface area contributed by atoms with Gasteiger partial charge in [-0.25, -0.2) is 0 Å². The summed E-state index contributed by atoms with van der Waals surface area (Å²) in [6, 6.07) is -0.729. The Morgan fingerprint density at radius 1 is 1.55 bits per heavy atom. The molecule has 20 heavy (non-hydrogen) atoms. The minimum absolute atomic E-state index is 0. The second-order valence-corrected chi connectivity index (χ2v) is 5.16. The number of carbonyl (C=O) groups excluding carboxylic acids is 1. The fraction of sp³-hybridized carbons (Fsp3) is 0.636. The molecule has 1 aliphatic carbocycles. The molecule has 1 amide bonds. The number of nitrogens with two attached hydrogens (primary N) is 1. The molecule has 2 aliphatic heterocycles. The zero-order chi connectivity index (χ0) is 13.6. The summed E-state index contributed by atoms with van der Waals surface area (Å²) in [5.41, 5.74) is 5.06. The SMILES string of the molecule is NC1=NC(=O)C2N=CN(C[C@]3(CO)C[C@H]3C[O-])C2=N1.[Na+]. The van der Waals surface area contributed by atoms with Gasteiger partial charge in [0, 0.05) is 12.0 Å². The minimum Gasteiger partial charge on any atom is -0.854 e. The number of amidine groups is 1. The van der Waals surface area contributed by atoms with Crippen molar-refractivity contribution in [1.29, 1.82) is 0 Å². The van der Waals surface area contributed by atoms with Crippen molar-refractivity contribution < 1.29 is 44.6 Å². The molecule has 3 N–H and O–H groups in total. The molecule has 1 fully saturated rings. The molecule has 3 rings (SSSR count). The maximum absolute atomic E-state index is 11.6. The molecule has 0 bridgehead atoms. The van der Waals surface area contributed by atoms with E-state index in [2.05, 4.69) is 15.0 Å². The van der Waals surface area contributed by atoms with E-state index in [4.69, 9.17) is 5.73 Å². The van der Waals surface area contributed by atoms with Crippen LogP contribution in [0.25, 0.3) is 0 Å². The van der Waals surface area contributed by atoms with Crippen molar-refractivity contribution in [3.8, 4) is 0 Å². The maximum atomic E-state index is 11.6. The molecule has 102 valence electrons. The van der Waals surface area contributed by atoms with Gasteiger partial charge in [0.2, 0.25) is 5.96 Å². The Morgan fingerprint density at radius 2 is 2.30 bits per heavy atom. The van der Waals surface area contributed by atoms with Crippen LogP contribution in [0, 0.1) is 11.3 Å². The normalized spacial score (nSPS) is 34.3. The molecule has 1 saturated carbocycles. The summed E-state index contributed by atoms with van der Waals surface area (Å²) < 4.78 is 0. The number of amides is 1. The average Bonchev–Trinajstić information content (AvgIpc) is 2.95. The third kappa shape index (κ3) is 2.42. The number of carbonyl (C=O) groups is 1. The molecule has 0 radical (unpaired) electrons. The van der Waals surface area contributed by atoms with Gasteiger partial charge in [0.05, 0.1) is 12.9 Å². The van der Waals surface area contributed by atoms with Crippen LogP contribution in [-0.2, 0) is 4.79 Å². The molecule has 1 unspecified atom stereocenters. The number of fused-ring (bicyclic) bond motifs is 1. The standard InChI is InChI=1S/C11H14N5O3.Na/c12-10-14-8-7(9(19)15-10)13-5-16(8)3-11(4-18)1-6(11)2-17;/h5-7,18H,1-4H2,(H2,12,15,19);/q-1;+1/t6-,7?,11-;/m0./s1. The Bertz CT molecular complexity index is 520. The first-order valence-corrected chi connectivity index (χ1v) is 6.05.